The third-order valence-corrected chi connectivity index (χ3v) is 5.93. The van der Waals surface area contributed by atoms with Gasteiger partial charge in [0.1, 0.15) is 6.04 Å². The van der Waals surface area contributed by atoms with E-state index < -0.39 is 17.8 Å². The van der Waals surface area contributed by atoms with Gasteiger partial charge in [0.2, 0.25) is 5.91 Å². The van der Waals surface area contributed by atoms with Crippen LogP contribution in [0.2, 0.25) is 5.02 Å². The maximum atomic E-state index is 12.9. The molecule has 1 saturated heterocycles. The van der Waals surface area contributed by atoms with Crippen LogP contribution in [0.4, 0.5) is 18.9 Å². The fraction of sp³-hybridized carbons (Fsp3) is 0.435. The summed E-state index contributed by atoms with van der Waals surface area (Å²) in [5, 5.41) is 5.88. The third-order valence-electron chi connectivity index (χ3n) is 5.61. The predicted molar refractivity (Wildman–Crippen MR) is 120 cm³/mol. The van der Waals surface area contributed by atoms with Crippen LogP contribution in [0, 0.1) is 5.92 Å². The summed E-state index contributed by atoms with van der Waals surface area (Å²) in [4.78, 5) is 31.2. The van der Waals surface area contributed by atoms with Crippen LogP contribution in [-0.4, -0.2) is 46.9 Å². The molecule has 2 amide bonds. The SMILES string of the molecule is CC(C)[C@H](Nc1ccc(C(F)(F)F)cc1Cl)C(=O)NC1CCN(C(=O)c2ccncc2)CC1. The number of benzene rings is 1. The van der Waals surface area contributed by atoms with Crippen molar-refractivity contribution in [3.63, 3.8) is 0 Å². The van der Waals surface area contributed by atoms with Gasteiger partial charge in [-0.2, -0.15) is 13.2 Å². The maximum Gasteiger partial charge on any atom is 0.416 e. The van der Waals surface area contributed by atoms with E-state index >= 15 is 0 Å². The summed E-state index contributed by atoms with van der Waals surface area (Å²) in [5.41, 5.74) is -0.0158. The number of likely N-dealkylation sites (tertiary alicyclic amines) is 1. The van der Waals surface area contributed by atoms with Crippen molar-refractivity contribution in [1.82, 2.24) is 15.2 Å². The number of amides is 2. The Bertz CT molecular complexity index is 977. The highest BCUT2D eigenvalue weighted by Gasteiger charge is 2.32. The zero-order valence-electron chi connectivity index (χ0n) is 18.3. The lowest BCUT2D eigenvalue weighted by molar-refractivity contribution is -0.137. The van der Waals surface area contributed by atoms with Gasteiger partial charge in [0.05, 0.1) is 16.3 Å². The van der Waals surface area contributed by atoms with E-state index in [1.54, 1.807) is 29.4 Å². The summed E-state index contributed by atoms with van der Waals surface area (Å²) in [6.45, 7) is 4.70. The number of halogens is 4. The maximum absolute atomic E-state index is 12.9. The molecule has 1 fully saturated rings. The van der Waals surface area contributed by atoms with Gasteiger partial charge in [0.15, 0.2) is 0 Å². The second-order valence-corrected chi connectivity index (χ2v) is 8.78. The predicted octanol–water partition coefficient (Wildman–Crippen LogP) is 4.61. The fourth-order valence-electron chi connectivity index (χ4n) is 3.71. The van der Waals surface area contributed by atoms with Gasteiger partial charge >= 0.3 is 6.18 Å². The molecule has 1 aromatic carbocycles. The number of hydrogen-bond donors (Lipinski definition) is 2. The smallest absolute Gasteiger partial charge is 0.372 e. The first-order chi connectivity index (χ1) is 15.6. The number of pyridine rings is 1. The molecule has 1 aliphatic rings. The second-order valence-electron chi connectivity index (χ2n) is 8.37. The molecule has 0 unspecified atom stereocenters. The summed E-state index contributed by atoms with van der Waals surface area (Å²) in [5.74, 6) is -0.475. The Morgan fingerprint density at radius 2 is 1.76 bits per heavy atom. The van der Waals surface area contributed by atoms with Crippen molar-refractivity contribution in [1.29, 1.82) is 0 Å². The number of alkyl halides is 3. The van der Waals surface area contributed by atoms with Crippen LogP contribution in [0.25, 0.3) is 0 Å². The number of anilines is 1. The van der Waals surface area contributed by atoms with E-state index in [2.05, 4.69) is 15.6 Å². The average molecular weight is 483 g/mol. The second kappa shape index (κ2) is 10.4. The molecule has 0 radical (unpaired) electrons. The quantitative estimate of drug-likeness (QED) is 0.630. The number of nitrogens with zero attached hydrogens (tertiary/aromatic N) is 2. The van der Waals surface area contributed by atoms with Crippen molar-refractivity contribution in [3.05, 3.63) is 58.9 Å². The third kappa shape index (κ3) is 6.37. The van der Waals surface area contributed by atoms with Crippen molar-refractivity contribution in [3.8, 4) is 0 Å². The molecule has 33 heavy (non-hydrogen) atoms. The molecule has 0 bridgehead atoms. The monoisotopic (exact) mass is 482 g/mol. The van der Waals surface area contributed by atoms with E-state index in [4.69, 9.17) is 11.6 Å². The summed E-state index contributed by atoms with van der Waals surface area (Å²) < 4.78 is 38.6. The molecule has 10 heteroatoms. The lowest BCUT2D eigenvalue weighted by Gasteiger charge is -2.34. The minimum atomic E-state index is -4.50. The molecule has 2 heterocycles. The molecule has 0 spiro atoms. The number of carbonyl (C=O) groups is 2. The van der Waals surface area contributed by atoms with Gasteiger partial charge in [-0.15, -0.1) is 0 Å². The topological polar surface area (TPSA) is 74.3 Å². The molecule has 1 aromatic heterocycles. The van der Waals surface area contributed by atoms with Gasteiger partial charge in [-0.25, -0.2) is 0 Å². The molecule has 0 saturated carbocycles. The van der Waals surface area contributed by atoms with E-state index in [0.29, 0.717) is 31.5 Å². The molecule has 1 atom stereocenters. The van der Waals surface area contributed by atoms with Crippen molar-refractivity contribution >= 4 is 29.1 Å². The van der Waals surface area contributed by atoms with Crippen LogP contribution < -0.4 is 10.6 Å². The Balaban J connectivity index is 1.58. The van der Waals surface area contributed by atoms with Gasteiger partial charge in [0, 0.05) is 37.1 Å². The minimum absolute atomic E-state index is 0.0687. The van der Waals surface area contributed by atoms with Crippen molar-refractivity contribution < 1.29 is 22.8 Å². The van der Waals surface area contributed by atoms with E-state index in [0.717, 1.165) is 12.1 Å². The van der Waals surface area contributed by atoms with Crippen LogP contribution in [0.5, 0.6) is 0 Å². The van der Waals surface area contributed by atoms with E-state index in [9.17, 15) is 22.8 Å². The average Bonchev–Trinajstić information content (AvgIpc) is 2.78. The lowest BCUT2D eigenvalue weighted by atomic mass is 9.99. The van der Waals surface area contributed by atoms with Gasteiger partial charge < -0.3 is 15.5 Å². The summed E-state index contributed by atoms with van der Waals surface area (Å²) in [6.07, 6.45) is -0.141. The molecule has 6 nitrogen and oxygen atoms in total. The van der Waals surface area contributed by atoms with Gasteiger partial charge in [-0.1, -0.05) is 25.4 Å². The van der Waals surface area contributed by atoms with Gasteiger partial charge in [-0.3, -0.25) is 14.6 Å². The van der Waals surface area contributed by atoms with E-state index in [1.807, 2.05) is 13.8 Å². The summed E-state index contributed by atoms with van der Waals surface area (Å²) in [7, 11) is 0. The molecular formula is C23H26ClF3N4O2. The Kier molecular flexibility index (Phi) is 7.84. The Labute approximate surface area is 195 Å². The highest BCUT2D eigenvalue weighted by molar-refractivity contribution is 6.33. The molecule has 3 rings (SSSR count). The van der Waals surface area contributed by atoms with E-state index in [-0.39, 0.29) is 34.5 Å². The van der Waals surface area contributed by atoms with E-state index in [1.165, 1.54) is 6.07 Å². The van der Waals surface area contributed by atoms with Crippen LogP contribution in [0.1, 0.15) is 42.6 Å². The number of hydrogen-bond acceptors (Lipinski definition) is 4. The number of nitrogens with one attached hydrogen (secondary N) is 2. The molecular weight excluding hydrogens is 457 g/mol. The summed E-state index contributed by atoms with van der Waals surface area (Å²) in [6, 6.07) is 5.55. The zero-order valence-corrected chi connectivity index (χ0v) is 19.1. The lowest BCUT2D eigenvalue weighted by Crippen LogP contribution is -2.51. The highest BCUT2D eigenvalue weighted by atomic mass is 35.5. The van der Waals surface area contributed by atoms with Crippen LogP contribution in [0.15, 0.2) is 42.7 Å². The zero-order chi connectivity index (χ0) is 24.2. The molecule has 178 valence electrons. The largest absolute Gasteiger partial charge is 0.416 e. The van der Waals surface area contributed by atoms with Crippen LogP contribution >= 0.6 is 11.6 Å². The first-order valence-corrected chi connectivity index (χ1v) is 11.1. The minimum Gasteiger partial charge on any atom is -0.372 e. The highest BCUT2D eigenvalue weighted by Crippen LogP contribution is 2.34. The van der Waals surface area contributed by atoms with Crippen LogP contribution in [-0.2, 0) is 11.0 Å². The van der Waals surface area contributed by atoms with Crippen molar-refractivity contribution in [2.45, 2.75) is 44.9 Å². The number of piperidine rings is 1. The normalized spacial score (nSPS) is 15.9. The van der Waals surface area contributed by atoms with Crippen molar-refractivity contribution in [2.75, 3.05) is 18.4 Å². The molecule has 2 N–H and O–H groups in total. The standard InChI is InChI=1S/C23H26ClF3N4O2/c1-14(2)20(30-19-4-3-16(13-18(19)24)23(25,26)27)21(32)29-17-7-11-31(12-8-17)22(33)15-5-9-28-10-6-15/h3-6,9-10,13-14,17,20,30H,7-8,11-12H2,1-2H3,(H,29,32)/t20-/m0/s1. The van der Waals surface area contributed by atoms with Crippen molar-refractivity contribution in [2.24, 2.45) is 5.92 Å². The first kappa shape index (κ1) is 24.8. The first-order valence-electron chi connectivity index (χ1n) is 10.7. The molecule has 0 aliphatic carbocycles. The fourth-order valence-corrected chi connectivity index (χ4v) is 3.94. The molecule has 1 aliphatic heterocycles. The Hall–Kier alpha value is -2.81. The Morgan fingerprint density at radius 1 is 1.12 bits per heavy atom. The van der Waals surface area contributed by atoms with Gasteiger partial charge in [0.25, 0.3) is 5.91 Å². The molecule has 2 aromatic rings. The Morgan fingerprint density at radius 3 is 2.30 bits per heavy atom. The number of rotatable bonds is 6. The number of carbonyl (C=O) groups excluding carboxylic acids is 2. The number of aromatic nitrogens is 1. The van der Waals surface area contributed by atoms with Crippen LogP contribution in [0.3, 0.4) is 0 Å². The summed E-state index contributed by atoms with van der Waals surface area (Å²) >= 11 is 6.04. The van der Waals surface area contributed by atoms with Gasteiger partial charge in [-0.05, 0) is 49.1 Å².